The summed E-state index contributed by atoms with van der Waals surface area (Å²) in [6.45, 7) is 2.35. The van der Waals surface area contributed by atoms with Crippen molar-refractivity contribution in [3.8, 4) is 0 Å². The van der Waals surface area contributed by atoms with Gasteiger partial charge in [0.1, 0.15) is 0 Å². The highest BCUT2D eigenvalue weighted by atomic mass is 32.2. The first-order chi connectivity index (χ1) is 9.34. The lowest BCUT2D eigenvalue weighted by Crippen LogP contribution is -2.28. The molecule has 112 valence electrons. The normalized spacial score (nSPS) is 11.8. The first-order valence-electron chi connectivity index (χ1n) is 6.65. The second kappa shape index (κ2) is 7.40. The van der Waals surface area contributed by atoms with Gasteiger partial charge in [0.05, 0.1) is 4.90 Å². The van der Waals surface area contributed by atoms with Crippen LogP contribution in [0.2, 0.25) is 0 Å². The van der Waals surface area contributed by atoms with Crippen molar-refractivity contribution in [2.45, 2.75) is 37.5 Å². The molecule has 1 aromatic carbocycles. The predicted molar refractivity (Wildman–Crippen MR) is 78.7 cm³/mol. The lowest BCUT2D eigenvalue weighted by atomic mass is 10.2. The minimum absolute atomic E-state index is 0.308. The molecule has 6 heteroatoms. The van der Waals surface area contributed by atoms with Crippen molar-refractivity contribution >= 4 is 15.9 Å². The highest BCUT2D eigenvalue weighted by molar-refractivity contribution is 7.89. The van der Waals surface area contributed by atoms with Crippen molar-refractivity contribution in [1.82, 2.24) is 4.31 Å². The van der Waals surface area contributed by atoms with Gasteiger partial charge in [-0.1, -0.05) is 24.1 Å². The Bertz CT molecular complexity index is 538. The number of carbonyl (C=O) groups excluding carboxylic acids is 1. The van der Waals surface area contributed by atoms with E-state index in [4.69, 9.17) is 5.73 Å². The maximum absolute atomic E-state index is 12.3. The predicted octanol–water partition coefficient (Wildman–Crippen LogP) is 1.66. The standard InChI is InChI=1S/C14H22N2O3S/c1-12-7-9-13(10-8-12)20(18,19)16(2)11-5-3-4-6-14(15)17/h7-10H,3-6,11H2,1-2H3,(H2,15,17). The van der Waals surface area contributed by atoms with Crippen LogP contribution in [0.1, 0.15) is 31.2 Å². The zero-order valence-corrected chi connectivity index (χ0v) is 12.8. The van der Waals surface area contributed by atoms with Gasteiger partial charge in [-0.2, -0.15) is 0 Å². The van der Waals surface area contributed by atoms with E-state index in [-0.39, 0.29) is 5.91 Å². The number of sulfonamides is 1. The molecule has 0 radical (unpaired) electrons. The monoisotopic (exact) mass is 298 g/mol. The van der Waals surface area contributed by atoms with Gasteiger partial charge in [-0.3, -0.25) is 4.79 Å². The lowest BCUT2D eigenvalue weighted by Gasteiger charge is -2.17. The Morgan fingerprint density at radius 2 is 1.75 bits per heavy atom. The van der Waals surface area contributed by atoms with Crippen molar-refractivity contribution in [3.05, 3.63) is 29.8 Å². The Balaban J connectivity index is 2.51. The van der Waals surface area contributed by atoms with E-state index in [1.165, 1.54) is 4.31 Å². The summed E-state index contributed by atoms with van der Waals surface area (Å²) in [5, 5.41) is 0. The maximum Gasteiger partial charge on any atom is 0.242 e. The molecule has 1 aromatic rings. The Hall–Kier alpha value is -1.40. The number of hydrogen-bond donors (Lipinski definition) is 1. The van der Waals surface area contributed by atoms with Crippen molar-refractivity contribution in [1.29, 1.82) is 0 Å². The molecule has 5 nitrogen and oxygen atoms in total. The average molecular weight is 298 g/mol. The second-order valence-corrected chi connectivity index (χ2v) is 6.96. The Kier molecular flexibility index (Phi) is 6.16. The molecule has 0 aromatic heterocycles. The van der Waals surface area contributed by atoms with Gasteiger partial charge in [-0.25, -0.2) is 12.7 Å². The number of unbranched alkanes of at least 4 members (excludes halogenated alkanes) is 2. The van der Waals surface area contributed by atoms with Gasteiger partial charge < -0.3 is 5.73 Å². The number of nitrogens with zero attached hydrogens (tertiary/aromatic N) is 1. The van der Waals surface area contributed by atoms with Crippen molar-refractivity contribution in [2.24, 2.45) is 5.73 Å². The van der Waals surface area contributed by atoms with Crippen molar-refractivity contribution in [3.63, 3.8) is 0 Å². The van der Waals surface area contributed by atoms with E-state index >= 15 is 0 Å². The number of hydrogen-bond acceptors (Lipinski definition) is 3. The van der Waals surface area contributed by atoms with E-state index in [9.17, 15) is 13.2 Å². The first-order valence-corrected chi connectivity index (χ1v) is 8.09. The lowest BCUT2D eigenvalue weighted by molar-refractivity contribution is -0.118. The molecule has 0 saturated heterocycles. The summed E-state index contributed by atoms with van der Waals surface area (Å²) in [5.74, 6) is -0.314. The van der Waals surface area contributed by atoms with Crippen LogP contribution in [0.15, 0.2) is 29.2 Å². The van der Waals surface area contributed by atoms with Crippen LogP contribution in [-0.2, 0) is 14.8 Å². The number of primary amides is 1. The van der Waals surface area contributed by atoms with Crippen LogP contribution in [0.3, 0.4) is 0 Å². The molecule has 0 aliphatic rings. The summed E-state index contributed by atoms with van der Waals surface area (Å²) in [6, 6.07) is 6.81. The van der Waals surface area contributed by atoms with Gasteiger partial charge in [-0.05, 0) is 31.9 Å². The van der Waals surface area contributed by atoms with Gasteiger partial charge >= 0.3 is 0 Å². The molecule has 0 fully saturated rings. The number of benzene rings is 1. The molecular weight excluding hydrogens is 276 g/mol. The van der Waals surface area contributed by atoms with Gasteiger partial charge in [0.2, 0.25) is 15.9 Å². The van der Waals surface area contributed by atoms with E-state index < -0.39 is 10.0 Å². The molecule has 20 heavy (non-hydrogen) atoms. The SMILES string of the molecule is Cc1ccc(S(=O)(=O)N(C)CCCCCC(N)=O)cc1. The molecule has 0 heterocycles. The van der Waals surface area contributed by atoms with Crippen LogP contribution in [0, 0.1) is 6.92 Å². The van der Waals surface area contributed by atoms with E-state index in [0.717, 1.165) is 18.4 Å². The van der Waals surface area contributed by atoms with Gasteiger partial charge in [-0.15, -0.1) is 0 Å². The summed E-state index contributed by atoms with van der Waals surface area (Å²) in [4.78, 5) is 10.9. The van der Waals surface area contributed by atoms with Crippen LogP contribution in [0.25, 0.3) is 0 Å². The van der Waals surface area contributed by atoms with Gasteiger partial charge in [0.25, 0.3) is 0 Å². The fourth-order valence-electron chi connectivity index (χ4n) is 1.82. The first kappa shape index (κ1) is 16.7. The van der Waals surface area contributed by atoms with Gasteiger partial charge in [0.15, 0.2) is 0 Å². The maximum atomic E-state index is 12.3. The smallest absolute Gasteiger partial charge is 0.242 e. The van der Waals surface area contributed by atoms with E-state index in [2.05, 4.69) is 0 Å². The molecule has 0 aliphatic carbocycles. The van der Waals surface area contributed by atoms with E-state index in [0.29, 0.717) is 24.3 Å². The molecule has 0 bridgehead atoms. The molecule has 1 amide bonds. The quantitative estimate of drug-likeness (QED) is 0.741. The minimum atomic E-state index is -3.42. The van der Waals surface area contributed by atoms with Crippen LogP contribution >= 0.6 is 0 Å². The minimum Gasteiger partial charge on any atom is -0.370 e. The molecule has 2 N–H and O–H groups in total. The van der Waals surface area contributed by atoms with Gasteiger partial charge in [0, 0.05) is 20.0 Å². The highest BCUT2D eigenvalue weighted by Gasteiger charge is 2.19. The van der Waals surface area contributed by atoms with E-state index in [1.807, 2.05) is 6.92 Å². The molecule has 1 rings (SSSR count). The molecular formula is C14H22N2O3S. The summed E-state index contributed by atoms with van der Waals surface area (Å²) in [6.07, 6.45) is 2.56. The fraction of sp³-hybridized carbons (Fsp3) is 0.500. The number of amides is 1. The molecule has 0 atom stereocenters. The summed E-state index contributed by atoms with van der Waals surface area (Å²) in [5.41, 5.74) is 6.07. The third kappa shape index (κ3) is 4.94. The van der Waals surface area contributed by atoms with Crippen molar-refractivity contribution in [2.75, 3.05) is 13.6 Å². The summed E-state index contributed by atoms with van der Waals surface area (Å²) < 4.78 is 25.9. The number of nitrogens with two attached hydrogens (primary N) is 1. The Morgan fingerprint density at radius 1 is 1.15 bits per heavy atom. The molecule has 0 aliphatic heterocycles. The zero-order valence-electron chi connectivity index (χ0n) is 12.0. The number of rotatable bonds is 8. The Labute approximate surface area is 120 Å². The Morgan fingerprint density at radius 3 is 2.30 bits per heavy atom. The van der Waals surface area contributed by atoms with Crippen LogP contribution in [-0.4, -0.2) is 32.2 Å². The van der Waals surface area contributed by atoms with E-state index in [1.54, 1.807) is 31.3 Å². The van der Waals surface area contributed by atoms with Crippen molar-refractivity contribution < 1.29 is 13.2 Å². The fourth-order valence-corrected chi connectivity index (χ4v) is 3.03. The van der Waals surface area contributed by atoms with Crippen LogP contribution in [0.5, 0.6) is 0 Å². The average Bonchev–Trinajstić information content (AvgIpc) is 2.38. The molecule has 0 unspecified atom stereocenters. The molecule has 0 saturated carbocycles. The largest absolute Gasteiger partial charge is 0.370 e. The number of aryl methyl sites for hydroxylation is 1. The zero-order chi connectivity index (χ0) is 15.2. The highest BCUT2D eigenvalue weighted by Crippen LogP contribution is 2.15. The topological polar surface area (TPSA) is 80.5 Å². The summed E-state index contributed by atoms with van der Waals surface area (Å²) in [7, 11) is -1.84. The molecule has 0 spiro atoms. The summed E-state index contributed by atoms with van der Waals surface area (Å²) >= 11 is 0. The third-order valence-electron chi connectivity index (χ3n) is 3.13. The van der Waals surface area contributed by atoms with Crippen LogP contribution in [0.4, 0.5) is 0 Å². The number of carbonyl (C=O) groups is 1. The second-order valence-electron chi connectivity index (χ2n) is 4.92. The third-order valence-corrected chi connectivity index (χ3v) is 5.00. The van der Waals surface area contributed by atoms with Crippen LogP contribution < -0.4 is 5.73 Å².